The van der Waals surface area contributed by atoms with E-state index in [0.717, 1.165) is 16.8 Å². The maximum absolute atomic E-state index is 12.3. The van der Waals surface area contributed by atoms with E-state index < -0.39 is 0 Å². The second-order valence-corrected chi connectivity index (χ2v) is 8.24. The monoisotopic (exact) mass is 492 g/mol. The Labute approximate surface area is 202 Å². The summed E-state index contributed by atoms with van der Waals surface area (Å²) in [6.45, 7) is 4.61. The van der Waals surface area contributed by atoms with Gasteiger partial charge in [0, 0.05) is 22.3 Å². The summed E-state index contributed by atoms with van der Waals surface area (Å²) in [5.74, 6) is 0.743. The van der Waals surface area contributed by atoms with Crippen LogP contribution >= 0.6 is 34.8 Å². The van der Waals surface area contributed by atoms with E-state index in [1.165, 1.54) is 0 Å². The molecule has 5 nitrogen and oxygen atoms in total. The van der Waals surface area contributed by atoms with Gasteiger partial charge in [0.2, 0.25) is 0 Å². The van der Waals surface area contributed by atoms with Crippen molar-refractivity contribution >= 4 is 52.1 Å². The zero-order valence-corrected chi connectivity index (χ0v) is 19.9. The number of halogens is 3. The number of benzene rings is 3. The number of rotatable bonds is 9. The van der Waals surface area contributed by atoms with Crippen LogP contribution in [0.25, 0.3) is 0 Å². The Hall–Kier alpha value is -2.60. The van der Waals surface area contributed by atoms with Crippen molar-refractivity contribution in [1.29, 1.82) is 0 Å². The van der Waals surface area contributed by atoms with Gasteiger partial charge in [0.05, 0.1) is 17.3 Å². The Morgan fingerprint density at radius 3 is 2.44 bits per heavy atom. The zero-order valence-electron chi connectivity index (χ0n) is 17.7. The van der Waals surface area contributed by atoms with Crippen LogP contribution in [0.2, 0.25) is 15.1 Å². The first-order valence-corrected chi connectivity index (χ1v) is 11.1. The average molecular weight is 494 g/mol. The van der Waals surface area contributed by atoms with Crippen LogP contribution in [0.4, 0.5) is 11.4 Å². The molecule has 3 aromatic rings. The number of hydrogen-bond acceptors (Lipinski definition) is 4. The van der Waals surface area contributed by atoms with E-state index in [1.54, 1.807) is 30.3 Å². The van der Waals surface area contributed by atoms with Crippen molar-refractivity contribution in [2.24, 2.45) is 0 Å². The van der Waals surface area contributed by atoms with Crippen LogP contribution in [0.1, 0.15) is 18.1 Å². The average Bonchev–Trinajstić information content (AvgIpc) is 2.75. The first-order valence-electron chi connectivity index (χ1n) is 9.99. The third kappa shape index (κ3) is 6.70. The van der Waals surface area contributed by atoms with Crippen molar-refractivity contribution in [3.05, 3.63) is 80.8 Å². The van der Waals surface area contributed by atoms with Gasteiger partial charge in [-0.05, 0) is 67.4 Å². The minimum Gasteiger partial charge on any atom is -0.490 e. The van der Waals surface area contributed by atoms with Crippen LogP contribution in [0, 0.1) is 6.92 Å². The predicted octanol–water partition coefficient (Wildman–Crippen LogP) is 6.98. The minimum absolute atomic E-state index is 0.163. The van der Waals surface area contributed by atoms with Gasteiger partial charge in [-0.25, -0.2) is 0 Å². The van der Waals surface area contributed by atoms with Gasteiger partial charge in [0.1, 0.15) is 0 Å². The lowest BCUT2D eigenvalue weighted by molar-refractivity contribution is -0.118. The summed E-state index contributed by atoms with van der Waals surface area (Å²) in [5, 5.41) is 7.75. The summed E-state index contributed by atoms with van der Waals surface area (Å²) in [4.78, 5) is 12.3. The molecule has 0 saturated carbocycles. The van der Waals surface area contributed by atoms with E-state index in [0.29, 0.717) is 45.4 Å². The SMILES string of the molecule is CCOc1cc(CNc2ccc(Cl)cc2Cl)ccc1OCC(=O)Nc1ccc(C)c(Cl)c1. The van der Waals surface area contributed by atoms with Crippen molar-refractivity contribution in [1.82, 2.24) is 0 Å². The number of aryl methyl sites for hydroxylation is 1. The highest BCUT2D eigenvalue weighted by Crippen LogP contribution is 2.30. The molecule has 0 spiro atoms. The fraction of sp³-hybridized carbons (Fsp3) is 0.208. The summed E-state index contributed by atoms with van der Waals surface area (Å²) < 4.78 is 11.4. The molecule has 2 N–H and O–H groups in total. The third-order valence-electron chi connectivity index (χ3n) is 4.54. The lowest BCUT2D eigenvalue weighted by Crippen LogP contribution is -2.20. The molecule has 0 saturated heterocycles. The van der Waals surface area contributed by atoms with E-state index in [-0.39, 0.29) is 12.5 Å². The summed E-state index contributed by atoms with van der Waals surface area (Å²) in [7, 11) is 0. The molecule has 0 aliphatic heterocycles. The van der Waals surface area contributed by atoms with Gasteiger partial charge in [-0.1, -0.05) is 46.9 Å². The molecular weight excluding hydrogens is 471 g/mol. The maximum atomic E-state index is 12.3. The van der Waals surface area contributed by atoms with Crippen molar-refractivity contribution in [3.8, 4) is 11.5 Å². The Balaban J connectivity index is 1.62. The van der Waals surface area contributed by atoms with Gasteiger partial charge in [-0.2, -0.15) is 0 Å². The molecule has 0 bridgehead atoms. The lowest BCUT2D eigenvalue weighted by atomic mass is 10.2. The standard InChI is InChI=1S/C24H23Cl3N2O3/c1-3-31-23-10-16(13-28-21-8-6-17(25)11-20(21)27)5-9-22(23)32-14-24(30)29-18-7-4-15(2)19(26)12-18/h4-12,28H,3,13-14H2,1-2H3,(H,29,30). The van der Waals surface area contributed by atoms with Crippen molar-refractivity contribution in [3.63, 3.8) is 0 Å². The number of nitrogens with one attached hydrogen (secondary N) is 2. The fourth-order valence-electron chi connectivity index (χ4n) is 2.89. The Kier molecular flexibility index (Phi) is 8.51. The molecule has 3 rings (SSSR count). The summed E-state index contributed by atoms with van der Waals surface area (Å²) in [6, 6.07) is 16.2. The second-order valence-electron chi connectivity index (χ2n) is 6.99. The summed E-state index contributed by atoms with van der Waals surface area (Å²) in [5.41, 5.74) is 3.30. The highest BCUT2D eigenvalue weighted by Gasteiger charge is 2.11. The van der Waals surface area contributed by atoms with Crippen LogP contribution in [-0.4, -0.2) is 19.1 Å². The predicted molar refractivity (Wildman–Crippen MR) is 132 cm³/mol. The molecule has 0 fully saturated rings. The quantitative estimate of drug-likeness (QED) is 0.337. The topological polar surface area (TPSA) is 59.6 Å². The summed E-state index contributed by atoms with van der Waals surface area (Å²) in [6.07, 6.45) is 0. The highest BCUT2D eigenvalue weighted by molar-refractivity contribution is 6.36. The van der Waals surface area contributed by atoms with Crippen LogP contribution in [0.15, 0.2) is 54.6 Å². The van der Waals surface area contributed by atoms with E-state index in [1.807, 2.05) is 38.1 Å². The number of hydrogen-bond donors (Lipinski definition) is 2. The smallest absolute Gasteiger partial charge is 0.262 e. The Bertz CT molecular complexity index is 1110. The molecule has 32 heavy (non-hydrogen) atoms. The molecule has 0 unspecified atom stereocenters. The maximum Gasteiger partial charge on any atom is 0.262 e. The van der Waals surface area contributed by atoms with Crippen molar-refractivity contribution < 1.29 is 14.3 Å². The van der Waals surface area contributed by atoms with E-state index >= 15 is 0 Å². The molecule has 0 atom stereocenters. The molecule has 8 heteroatoms. The third-order valence-corrected chi connectivity index (χ3v) is 5.49. The molecule has 0 aromatic heterocycles. The Morgan fingerprint density at radius 2 is 1.72 bits per heavy atom. The number of carbonyl (C=O) groups excluding carboxylic acids is 1. The normalized spacial score (nSPS) is 10.5. The highest BCUT2D eigenvalue weighted by atomic mass is 35.5. The van der Waals surface area contributed by atoms with Gasteiger partial charge in [0.15, 0.2) is 18.1 Å². The molecule has 0 heterocycles. The van der Waals surface area contributed by atoms with Crippen molar-refractivity contribution in [2.45, 2.75) is 20.4 Å². The molecule has 168 valence electrons. The Morgan fingerprint density at radius 1 is 0.906 bits per heavy atom. The van der Waals surface area contributed by atoms with Crippen LogP contribution in [0.5, 0.6) is 11.5 Å². The van der Waals surface area contributed by atoms with Gasteiger partial charge >= 0.3 is 0 Å². The lowest BCUT2D eigenvalue weighted by Gasteiger charge is -2.14. The van der Waals surface area contributed by atoms with Crippen molar-refractivity contribution in [2.75, 3.05) is 23.8 Å². The molecule has 0 radical (unpaired) electrons. The fourth-order valence-corrected chi connectivity index (χ4v) is 3.55. The number of carbonyl (C=O) groups is 1. The minimum atomic E-state index is -0.296. The van der Waals surface area contributed by atoms with Gasteiger partial charge in [-0.15, -0.1) is 0 Å². The van der Waals surface area contributed by atoms with Crippen LogP contribution in [-0.2, 0) is 11.3 Å². The van der Waals surface area contributed by atoms with E-state index in [2.05, 4.69) is 10.6 Å². The van der Waals surface area contributed by atoms with Crippen LogP contribution in [0.3, 0.4) is 0 Å². The second kappa shape index (κ2) is 11.3. The van der Waals surface area contributed by atoms with Gasteiger partial charge in [0.25, 0.3) is 5.91 Å². The van der Waals surface area contributed by atoms with Gasteiger partial charge in [-0.3, -0.25) is 4.79 Å². The summed E-state index contributed by atoms with van der Waals surface area (Å²) >= 11 is 18.3. The zero-order chi connectivity index (χ0) is 23.1. The first-order chi connectivity index (χ1) is 15.4. The molecule has 0 aliphatic carbocycles. The van der Waals surface area contributed by atoms with Crippen LogP contribution < -0.4 is 20.1 Å². The molecule has 3 aromatic carbocycles. The van der Waals surface area contributed by atoms with E-state index in [9.17, 15) is 4.79 Å². The molecular formula is C24H23Cl3N2O3. The largest absolute Gasteiger partial charge is 0.490 e. The van der Waals surface area contributed by atoms with Gasteiger partial charge < -0.3 is 20.1 Å². The number of ether oxygens (including phenoxy) is 2. The molecule has 1 amide bonds. The van der Waals surface area contributed by atoms with E-state index in [4.69, 9.17) is 44.3 Å². The molecule has 0 aliphatic rings. The number of anilines is 2. The number of amides is 1. The first kappa shape index (κ1) is 24.1.